The SMILES string of the molecule is Cc1ccc(CC(O)c2c(Br)nnn2C)cc1. The van der Waals surface area contributed by atoms with Crippen LogP contribution in [0, 0.1) is 6.92 Å². The molecule has 0 fully saturated rings. The first-order valence-electron chi connectivity index (χ1n) is 5.36. The summed E-state index contributed by atoms with van der Waals surface area (Å²) in [7, 11) is 1.77. The lowest BCUT2D eigenvalue weighted by Crippen LogP contribution is -2.08. The van der Waals surface area contributed by atoms with Crippen LogP contribution in [0.15, 0.2) is 28.9 Å². The van der Waals surface area contributed by atoms with Crippen molar-refractivity contribution in [1.82, 2.24) is 15.0 Å². The van der Waals surface area contributed by atoms with Crippen molar-refractivity contribution in [1.29, 1.82) is 0 Å². The van der Waals surface area contributed by atoms with Gasteiger partial charge in [-0.25, -0.2) is 4.68 Å². The zero-order chi connectivity index (χ0) is 12.4. The predicted molar refractivity (Wildman–Crippen MR) is 68.5 cm³/mol. The molecule has 0 saturated carbocycles. The highest BCUT2D eigenvalue weighted by molar-refractivity contribution is 9.10. The van der Waals surface area contributed by atoms with Crippen molar-refractivity contribution in [2.24, 2.45) is 7.05 Å². The molecule has 0 aliphatic carbocycles. The molecule has 1 aromatic heterocycles. The summed E-state index contributed by atoms with van der Waals surface area (Å²) in [6.45, 7) is 2.04. The summed E-state index contributed by atoms with van der Waals surface area (Å²) in [6, 6.07) is 8.13. The van der Waals surface area contributed by atoms with Crippen LogP contribution in [0.5, 0.6) is 0 Å². The topological polar surface area (TPSA) is 50.9 Å². The van der Waals surface area contributed by atoms with E-state index in [0.29, 0.717) is 16.7 Å². The lowest BCUT2D eigenvalue weighted by atomic mass is 10.0. The van der Waals surface area contributed by atoms with Crippen molar-refractivity contribution in [2.45, 2.75) is 19.4 Å². The summed E-state index contributed by atoms with van der Waals surface area (Å²) in [5.41, 5.74) is 3.01. The highest BCUT2D eigenvalue weighted by atomic mass is 79.9. The van der Waals surface area contributed by atoms with E-state index in [-0.39, 0.29) is 0 Å². The first-order valence-corrected chi connectivity index (χ1v) is 6.16. The lowest BCUT2D eigenvalue weighted by Gasteiger charge is -2.11. The van der Waals surface area contributed by atoms with Gasteiger partial charge in [0.1, 0.15) is 11.8 Å². The van der Waals surface area contributed by atoms with E-state index in [1.807, 2.05) is 31.2 Å². The number of aliphatic hydroxyl groups is 1. The fourth-order valence-electron chi connectivity index (χ4n) is 1.74. The second kappa shape index (κ2) is 4.98. The molecule has 0 bridgehead atoms. The zero-order valence-corrected chi connectivity index (χ0v) is 11.3. The quantitative estimate of drug-likeness (QED) is 0.944. The Kier molecular flexibility index (Phi) is 3.59. The van der Waals surface area contributed by atoms with Crippen molar-refractivity contribution in [3.63, 3.8) is 0 Å². The fourth-order valence-corrected chi connectivity index (χ4v) is 2.33. The molecular formula is C12H14BrN3O. The van der Waals surface area contributed by atoms with Crippen LogP contribution in [0.1, 0.15) is 22.9 Å². The van der Waals surface area contributed by atoms with Gasteiger partial charge < -0.3 is 5.11 Å². The van der Waals surface area contributed by atoms with Gasteiger partial charge in [-0.2, -0.15) is 0 Å². The molecular weight excluding hydrogens is 282 g/mol. The third-order valence-corrected chi connectivity index (χ3v) is 3.26. The molecule has 1 atom stereocenters. The zero-order valence-electron chi connectivity index (χ0n) is 9.76. The molecule has 0 saturated heterocycles. The summed E-state index contributed by atoms with van der Waals surface area (Å²) in [6.07, 6.45) is -0.0489. The van der Waals surface area contributed by atoms with Crippen molar-refractivity contribution in [2.75, 3.05) is 0 Å². The van der Waals surface area contributed by atoms with Crippen LogP contribution >= 0.6 is 15.9 Å². The smallest absolute Gasteiger partial charge is 0.154 e. The first kappa shape index (κ1) is 12.3. The second-order valence-corrected chi connectivity index (χ2v) is 4.85. The van der Waals surface area contributed by atoms with Gasteiger partial charge in [0.25, 0.3) is 0 Å². The van der Waals surface area contributed by atoms with Gasteiger partial charge in [-0.15, -0.1) is 5.10 Å². The number of nitrogens with zero attached hydrogens (tertiary/aromatic N) is 3. The number of rotatable bonds is 3. The number of aliphatic hydroxyl groups excluding tert-OH is 1. The molecule has 1 N–H and O–H groups in total. The fraction of sp³-hybridized carbons (Fsp3) is 0.333. The van der Waals surface area contributed by atoms with E-state index in [4.69, 9.17) is 0 Å². The molecule has 17 heavy (non-hydrogen) atoms. The van der Waals surface area contributed by atoms with Gasteiger partial charge in [0.05, 0.1) is 0 Å². The number of benzene rings is 1. The molecule has 0 spiro atoms. The van der Waals surface area contributed by atoms with E-state index in [1.165, 1.54) is 5.56 Å². The van der Waals surface area contributed by atoms with Crippen LogP contribution in [0.4, 0.5) is 0 Å². The highest BCUT2D eigenvalue weighted by Crippen LogP contribution is 2.23. The van der Waals surface area contributed by atoms with E-state index in [9.17, 15) is 5.11 Å². The monoisotopic (exact) mass is 295 g/mol. The van der Waals surface area contributed by atoms with Crippen molar-refractivity contribution in [3.05, 3.63) is 45.7 Å². The minimum Gasteiger partial charge on any atom is -0.386 e. The van der Waals surface area contributed by atoms with Crippen LogP contribution in [0.3, 0.4) is 0 Å². The Balaban J connectivity index is 2.17. The Morgan fingerprint density at radius 3 is 2.53 bits per heavy atom. The molecule has 0 amide bonds. The third kappa shape index (κ3) is 2.73. The molecule has 5 heteroatoms. The van der Waals surface area contributed by atoms with Gasteiger partial charge in [-0.3, -0.25) is 0 Å². The van der Waals surface area contributed by atoms with E-state index in [2.05, 4.69) is 26.2 Å². The lowest BCUT2D eigenvalue weighted by molar-refractivity contribution is 0.168. The van der Waals surface area contributed by atoms with Gasteiger partial charge >= 0.3 is 0 Å². The maximum Gasteiger partial charge on any atom is 0.154 e. The molecule has 0 aliphatic heterocycles. The van der Waals surface area contributed by atoms with Crippen LogP contribution in [0.25, 0.3) is 0 Å². The summed E-state index contributed by atoms with van der Waals surface area (Å²) in [4.78, 5) is 0. The maximum absolute atomic E-state index is 10.2. The van der Waals surface area contributed by atoms with Crippen LogP contribution in [0.2, 0.25) is 0 Å². The third-order valence-electron chi connectivity index (χ3n) is 2.69. The first-order chi connectivity index (χ1) is 8.08. The Bertz CT molecular complexity index is 487. The van der Waals surface area contributed by atoms with Gasteiger partial charge in [0.2, 0.25) is 0 Å². The number of hydrogen-bond donors (Lipinski definition) is 1. The summed E-state index contributed by atoms with van der Waals surface area (Å²) in [5.74, 6) is 0. The predicted octanol–water partition coefficient (Wildman–Crippen LogP) is 2.16. The van der Waals surface area contributed by atoms with Gasteiger partial charge in [-0.1, -0.05) is 35.0 Å². The number of aryl methyl sites for hydroxylation is 2. The molecule has 2 rings (SSSR count). The van der Waals surface area contributed by atoms with Crippen molar-refractivity contribution >= 4 is 15.9 Å². The molecule has 0 aliphatic rings. The highest BCUT2D eigenvalue weighted by Gasteiger charge is 2.17. The summed E-state index contributed by atoms with van der Waals surface area (Å²) >= 11 is 3.29. The second-order valence-electron chi connectivity index (χ2n) is 4.09. The summed E-state index contributed by atoms with van der Waals surface area (Å²) in [5, 5.41) is 17.9. The molecule has 0 radical (unpaired) electrons. The maximum atomic E-state index is 10.2. The number of aromatic nitrogens is 3. The molecule has 2 aromatic rings. The Hall–Kier alpha value is -1.20. The van der Waals surface area contributed by atoms with E-state index < -0.39 is 6.10 Å². The normalized spacial score (nSPS) is 12.7. The average molecular weight is 296 g/mol. The Morgan fingerprint density at radius 1 is 1.35 bits per heavy atom. The largest absolute Gasteiger partial charge is 0.386 e. The minimum atomic E-state index is -0.605. The van der Waals surface area contributed by atoms with Crippen LogP contribution in [-0.4, -0.2) is 20.1 Å². The van der Waals surface area contributed by atoms with Crippen molar-refractivity contribution in [3.8, 4) is 0 Å². The van der Waals surface area contributed by atoms with Crippen LogP contribution in [-0.2, 0) is 13.5 Å². The minimum absolute atomic E-state index is 0.556. The Morgan fingerprint density at radius 2 is 2.00 bits per heavy atom. The molecule has 4 nitrogen and oxygen atoms in total. The van der Waals surface area contributed by atoms with Gasteiger partial charge in [0, 0.05) is 13.5 Å². The molecule has 1 unspecified atom stereocenters. The van der Waals surface area contributed by atoms with Gasteiger partial charge in [-0.05, 0) is 28.4 Å². The summed E-state index contributed by atoms with van der Waals surface area (Å²) < 4.78 is 2.18. The van der Waals surface area contributed by atoms with E-state index in [0.717, 1.165) is 5.56 Å². The average Bonchev–Trinajstić information content (AvgIpc) is 2.62. The number of halogens is 1. The van der Waals surface area contributed by atoms with E-state index in [1.54, 1.807) is 11.7 Å². The standard InChI is InChI=1S/C12H14BrN3O/c1-8-3-5-9(6-4-8)7-10(17)11-12(13)14-15-16(11)2/h3-6,10,17H,7H2,1-2H3. The molecule has 1 heterocycles. The Labute approximate surface area is 108 Å². The van der Waals surface area contributed by atoms with Crippen molar-refractivity contribution < 1.29 is 5.11 Å². The molecule has 1 aromatic carbocycles. The van der Waals surface area contributed by atoms with Gasteiger partial charge in [0.15, 0.2) is 4.60 Å². The number of hydrogen-bond acceptors (Lipinski definition) is 3. The molecule has 90 valence electrons. The van der Waals surface area contributed by atoms with Crippen LogP contribution < -0.4 is 0 Å². The van der Waals surface area contributed by atoms with E-state index >= 15 is 0 Å².